The molecule has 1 N–H and O–H groups in total. The van der Waals surface area contributed by atoms with Crippen molar-refractivity contribution in [3.8, 4) is 5.75 Å². The van der Waals surface area contributed by atoms with Gasteiger partial charge in [-0.15, -0.1) is 0 Å². The number of aromatic nitrogens is 1. The molecule has 0 atom stereocenters. The fraction of sp³-hybridized carbons (Fsp3) is 0.174. The summed E-state index contributed by atoms with van der Waals surface area (Å²) in [5, 5.41) is 0. The number of nitrogens with one attached hydrogen (secondary N) is 1. The number of aryl methyl sites for hydroxylation is 1. The molecular weight excluding hydrogens is 430 g/mol. The Balaban J connectivity index is 1.64. The number of rotatable bonds is 7. The van der Waals surface area contributed by atoms with Crippen LogP contribution in [0.25, 0.3) is 0 Å². The molecule has 3 aromatic rings. The van der Waals surface area contributed by atoms with Gasteiger partial charge in [-0.05, 0) is 53.9 Å². The Hall–Kier alpha value is -3.72. The van der Waals surface area contributed by atoms with Gasteiger partial charge in [-0.25, -0.2) is 8.42 Å². The summed E-state index contributed by atoms with van der Waals surface area (Å²) in [6.45, 7) is 1.89. The molecular formula is C23H21N3O5S. The summed E-state index contributed by atoms with van der Waals surface area (Å²) in [6, 6.07) is 14.8. The third-order valence-electron chi connectivity index (χ3n) is 5.18. The van der Waals surface area contributed by atoms with Gasteiger partial charge in [-0.2, -0.15) is 0 Å². The van der Waals surface area contributed by atoms with Gasteiger partial charge in [0.05, 0.1) is 19.2 Å². The molecule has 0 saturated carbocycles. The number of hydrogen-bond donors (Lipinski definition) is 1. The molecule has 1 aliphatic rings. The van der Waals surface area contributed by atoms with Crippen LogP contribution in [0.1, 0.15) is 38.9 Å². The Morgan fingerprint density at radius 3 is 2.53 bits per heavy atom. The SMILES string of the molecule is CCc1cccc(NS(=O)(=O)c2cc(CN3C(=O)c4cccnc4C3=O)ccc2OC)c1. The molecule has 0 spiro atoms. The standard InChI is InChI=1S/C23H21N3O5S/c1-3-15-6-4-7-17(12-15)25-32(29,30)20-13-16(9-10-19(20)31-2)14-26-22(27)18-8-5-11-24-21(18)23(26)28/h4-13,25H,3,14H2,1-2H3. The third kappa shape index (κ3) is 3.94. The number of fused-ring (bicyclic) bond motifs is 1. The number of carbonyl (C=O) groups excluding carboxylic acids is 2. The number of nitrogens with zero attached hydrogens (tertiary/aromatic N) is 2. The zero-order valence-corrected chi connectivity index (χ0v) is 18.3. The first-order chi connectivity index (χ1) is 15.3. The van der Waals surface area contributed by atoms with Crippen molar-refractivity contribution < 1.29 is 22.7 Å². The van der Waals surface area contributed by atoms with Crippen molar-refractivity contribution in [1.82, 2.24) is 9.88 Å². The molecule has 1 aliphatic heterocycles. The van der Waals surface area contributed by atoms with Gasteiger partial charge in [0.2, 0.25) is 0 Å². The Morgan fingerprint density at radius 1 is 1.00 bits per heavy atom. The number of imide groups is 1. The first-order valence-electron chi connectivity index (χ1n) is 9.94. The topological polar surface area (TPSA) is 106 Å². The third-order valence-corrected chi connectivity index (χ3v) is 6.58. The van der Waals surface area contributed by atoms with Gasteiger partial charge in [0, 0.05) is 11.9 Å². The summed E-state index contributed by atoms with van der Waals surface area (Å²) in [5.74, 6) is -0.829. The predicted molar refractivity (Wildman–Crippen MR) is 118 cm³/mol. The van der Waals surface area contributed by atoms with Crippen molar-refractivity contribution in [2.45, 2.75) is 24.8 Å². The van der Waals surface area contributed by atoms with Crippen LogP contribution < -0.4 is 9.46 Å². The number of amides is 2. The molecule has 4 rings (SSSR count). The van der Waals surface area contributed by atoms with Crippen molar-refractivity contribution in [2.75, 3.05) is 11.8 Å². The van der Waals surface area contributed by atoms with E-state index in [0.717, 1.165) is 16.9 Å². The van der Waals surface area contributed by atoms with Gasteiger partial charge in [0.1, 0.15) is 16.3 Å². The Morgan fingerprint density at radius 2 is 1.81 bits per heavy atom. The lowest BCUT2D eigenvalue weighted by Gasteiger charge is -2.16. The second-order valence-electron chi connectivity index (χ2n) is 7.24. The highest BCUT2D eigenvalue weighted by Crippen LogP contribution is 2.29. The normalized spacial score (nSPS) is 13.2. The minimum atomic E-state index is -3.99. The fourth-order valence-electron chi connectivity index (χ4n) is 3.53. The largest absolute Gasteiger partial charge is 0.495 e. The lowest BCUT2D eigenvalue weighted by Crippen LogP contribution is -2.29. The average Bonchev–Trinajstić information content (AvgIpc) is 3.04. The molecule has 0 saturated heterocycles. The molecule has 0 unspecified atom stereocenters. The minimum Gasteiger partial charge on any atom is -0.495 e. The molecule has 0 bridgehead atoms. The summed E-state index contributed by atoms with van der Waals surface area (Å²) in [6.07, 6.45) is 2.22. The van der Waals surface area contributed by atoms with Gasteiger partial charge in [-0.3, -0.25) is 24.2 Å². The summed E-state index contributed by atoms with van der Waals surface area (Å²) in [4.78, 5) is 30.2. The van der Waals surface area contributed by atoms with Crippen LogP contribution in [0.15, 0.2) is 65.7 Å². The highest BCUT2D eigenvalue weighted by Gasteiger charge is 2.36. The molecule has 2 aromatic carbocycles. The minimum absolute atomic E-state index is 0.0888. The molecule has 8 nitrogen and oxygen atoms in total. The lowest BCUT2D eigenvalue weighted by atomic mass is 10.1. The zero-order chi connectivity index (χ0) is 22.9. The summed E-state index contributed by atoms with van der Waals surface area (Å²) in [7, 11) is -2.62. The maximum Gasteiger partial charge on any atom is 0.280 e. The number of carbonyl (C=O) groups is 2. The fourth-order valence-corrected chi connectivity index (χ4v) is 4.80. The van der Waals surface area contributed by atoms with Gasteiger partial charge >= 0.3 is 0 Å². The summed E-state index contributed by atoms with van der Waals surface area (Å²) < 4.78 is 34.1. The first-order valence-corrected chi connectivity index (χ1v) is 11.4. The van der Waals surface area contributed by atoms with E-state index in [1.807, 2.05) is 13.0 Å². The van der Waals surface area contributed by atoms with Crippen molar-refractivity contribution in [3.05, 3.63) is 83.2 Å². The van der Waals surface area contributed by atoms with E-state index in [2.05, 4.69) is 9.71 Å². The zero-order valence-electron chi connectivity index (χ0n) is 17.5. The Bertz CT molecular complexity index is 1290. The monoisotopic (exact) mass is 451 g/mol. The molecule has 2 heterocycles. The number of hydrogen-bond acceptors (Lipinski definition) is 6. The quantitative estimate of drug-likeness (QED) is 0.553. The second kappa shape index (κ2) is 8.43. The number of benzene rings is 2. The molecule has 0 radical (unpaired) electrons. The van der Waals surface area contributed by atoms with Crippen LogP contribution in [0.3, 0.4) is 0 Å². The number of anilines is 1. The van der Waals surface area contributed by atoms with Crippen molar-refractivity contribution in [2.24, 2.45) is 0 Å². The highest BCUT2D eigenvalue weighted by atomic mass is 32.2. The number of ether oxygens (including phenoxy) is 1. The van der Waals surface area contributed by atoms with E-state index < -0.39 is 21.8 Å². The van der Waals surface area contributed by atoms with Gasteiger partial charge in [0.15, 0.2) is 0 Å². The van der Waals surface area contributed by atoms with Crippen LogP contribution in [0.4, 0.5) is 5.69 Å². The second-order valence-corrected chi connectivity index (χ2v) is 8.89. The van der Waals surface area contributed by atoms with Gasteiger partial charge in [-0.1, -0.05) is 25.1 Å². The van der Waals surface area contributed by atoms with Gasteiger partial charge < -0.3 is 4.74 Å². The molecule has 9 heteroatoms. The smallest absolute Gasteiger partial charge is 0.280 e. The van der Waals surface area contributed by atoms with Crippen LogP contribution in [-0.2, 0) is 23.0 Å². The van der Waals surface area contributed by atoms with E-state index in [4.69, 9.17) is 4.74 Å². The molecule has 0 fully saturated rings. The van der Waals surface area contributed by atoms with Crippen LogP contribution in [0.2, 0.25) is 0 Å². The van der Waals surface area contributed by atoms with Crippen LogP contribution >= 0.6 is 0 Å². The van der Waals surface area contributed by atoms with E-state index in [0.29, 0.717) is 11.3 Å². The van der Waals surface area contributed by atoms with E-state index in [9.17, 15) is 18.0 Å². The lowest BCUT2D eigenvalue weighted by molar-refractivity contribution is 0.0640. The van der Waals surface area contributed by atoms with E-state index in [1.54, 1.807) is 36.4 Å². The molecule has 1 aromatic heterocycles. The van der Waals surface area contributed by atoms with Crippen LogP contribution in [0, 0.1) is 0 Å². The van der Waals surface area contributed by atoms with Gasteiger partial charge in [0.25, 0.3) is 21.8 Å². The number of sulfonamides is 1. The predicted octanol–water partition coefficient (Wildman–Crippen LogP) is 3.25. The Kier molecular flexibility index (Phi) is 5.67. The molecule has 0 aliphatic carbocycles. The maximum atomic E-state index is 13.1. The number of pyridine rings is 1. The van der Waals surface area contributed by atoms with E-state index in [1.165, 1.54) is 25.4 Å². The summed E-state index contributed by atoms with van der Waals surface area (Å²) in [5.41, 5.74) is 2.21. The maximum absolute atomic E-state index is 13.1. The van der Waals surface area contributed by atoms with E-state index >= 15 is 0 Å². The molecule has 32 heavy (non-hydrogen) atoms. The molecule has 164 valence electrons. The Labute approximate surface area is 185 Å². The molecule has 2 amide bonds. The van der Waals surface area contributed by atoms with Crippen molar-refractivity contribution in [1.29, 1.82) is 0 Å². The van der Waals surface area contributed by atoms with Crippen LogP contribution in [0.5, 0.6) is 5.75 Å². The van der Waals surface area contributed by atoms with Crippen LogP contribution in [-0.4, -0.2) is 37.2 Å². The number of methoxy groups -OCH3 is 1. The van der Waals surface area contributed by atoms with Crippen molar-refractivity contribution >= 4 is 27.5 Å². The average molecular weight is 452 g/mol. The van der Waals surface area contributed by atoms with E-state index in [-0.39, 0.29) is 28.4 Å². The highest BCUT2D eigenvalue weighted by molar-refractivity contribution is 7.92. The summed E-state index contributed by atoms with van der Waals surface area (Å²) >= 11 is 0. The van der Waals surface area contributed by atoms with Crippen molar-refractivity contribution in [3.63, 3.8) is 0 Å². The first kappa shape index (κ1) is 21.5.